The van der Waals surface area contributed by atoms with Crippen LogP contribution in [0.15, 0.2) is 90.1 Å². The van der Waals surface area contributed by atoms with Crippen molar-refractivity contribution in [3.05, 3.63) is 102 Å². The lowest BCUT2D eigenvalue weighted by molar-refractivity contribution is 0.0615. The maximum Gasteiger partial charge on any atom is 0.216 e. The topological polar surface area (TPSA) is 77.0 Å². The van der Waals surface area contributed by atoms with Gasteiger partial charge < -0.3 is 9.57 Å². The van der Waals surface area contributed by atoms with Crippen molar-refractivity contribution in [3.63, 3.8) is 0 Å². The Morgan fingerprint density at radius 1 is 0.939 bits per heavy atom. The van der Waals surface area contributed by atoms with E-state index < -0.39 is 16.1 Å². The quantitative estimate of drug-likeness (QED) is 0.490. The first-order chi connectivity index (χ1) is 16.0. The summed E-state index contributed by atoms with van der Waals surface area (Å²) < 4.78 is 34.1. The Morgan fingerprint density at radius 3 is 2.21 bits per heavy atom. The fraction of sp³-hybridized carbons (Fsp3) is 0.269. The second-order valence-corrected chi connectivity index (χ2v) is 9.94. The number of nitrogens with one attached hydrogen (secondary N) is 1. The molecule has 0 saturated heterocycles. The summed E-state index contributed by atoms with van der Waals surface area (Å²) in [5, 5.41) is 4.28. The molecule has 33 heavy (non-hydrogen) atoms. The van der Waals surface area contributed by atoms with Crippen LogP contribution in [0, 0.1) is 0 Å². The highest BCUT2D eigenvalue weighted by Crippen LogP contribution is 2.21. The minimum absolute atomic E-state index is 0.118. The van der Waals surface area contributed by atoms with Gasteiger partial charge in [0.1, 0.15) is 11.9 Å². The summed E-state index contributed by atoms with van der Waals surface area (Å²) in [6.07, 6.45) is 1.42. The third-order valence-electron chi connectivity index (χ3n) is 5.60. The summed E-state index contributed by atoms with van der Waals surface area (Å²) in [6, 6.07) is 26.5. The fourth-order valence-corrected chi connectivity index (χ4v) is 5.34. The molecule has 0 amide bonds. The van der Waals surface area contributed by atoms with E-state index in [1.54, 1.807) is 31.4 Å². The maximum atomic E-state index is 13.0. The zero-order valence-corrected chi connectivity index (χ0v) is 19.4. The summed E-state index contributed by atoms with van der Waals surface area (Å²) in [7, 11) is -2.03. The Hall–Kier alpha value is -3.16. The van der Waals surface area contributed by atoms with Gasteiger partial charge in [0.25, 0.3) is 0 Å². The molecule has 3 aromatic rings. The third kappa shape index (κ3) is 6.66. The first-order valence-electron chi connectivity index (χ1n) is 10.9. The number of benzene rings is 3. The average molecular weight is 465 g/mol. The van der Waals surface area contributed by atoms with Gasteiger partial charge in [-0.3, -0.25) is 0 Å². The van der Waals surface area contributed by atoms with Crippen molar-refractivity contribution >= 4 is 15.7 Å². The third-order valence-corrected chi connectivity index (χ3v) is 6.97. The Labute approximate surface area is 195 Å². The highest BCUT2D eigenvalue weighted by Gasteiger charge is 2.33. The highest BCUT2D eigenvalue weighted by atomic mass is 32.2. The van der Waals surface area contributed by atoms with Crippen LogP contribution in [0.25, 0.3) is 0 Å². The molecule has 0 saturated carbocycles. The molecule has 0 fully saturated rings. The van der Waals surface area contributed by atoms with Gasteiger partial charge in [-0.15, -0.1) is 0 Å². The lowest BCUT2D eigenvalue weighted by Gasteiger charge is -2.23. The monoisotopic (exact) mass is 464 g/mol. The smallest absolute Gasteiger partial charge is 0.216 e. The molecular weight excluding hydrogens is 436 g/mol. The predicted molar refractivity (Wildman–Crippen MR) is 130 cm³/mol. The Morgan fingerprint density at radius 2 is 1.58 bits per heavy atom. The van der Waals surface area contributed by atoms with Crippen LogP contribution >= 0.6 is 0 Å². The van der Waals surface area contributed by atoms with Crippen molar-refractivity contribution in [2.24, 2.45) is 5.16 Å². The van der Waals surface area contributed by atoms with Crippen molar-refractivity contribution < 1.29 is 18.0 Å². The summed E-state index contributed by atoms with van der Waals surface area (Å²) >= 11 is 0. The van der Waals surface area contributed by atoms with E-state index in [9.17, 15) is 8.42 Å². The van der Waals surface area contributed by atoms with E-state index in [2.05, 4.69) is 22.0 Å². The van der Waals surface area contributed by atoms with E-state index in [4.69, 9.17) is 9.57 Å². The minimum Gasteiger partial charge on any atom is -0.497 e. The lowest BCUT2D eigenvalue weighted by atomic mass is 9.97. The van der Waals surface area contributed by atoms with Gasteiger partial charge in [-0.1, -0.05) is 78.0 Å². The fourth-order valence-electron chi connectivity index (χ4n) is 3.93. The molecule has 2 atom stereocenters. The van der Waals surface area contributed by atoms with Crippen LogP contribution < -0.4 is 9.46 Å². The molecule has 0 bridgehead atoms. The van der Waals surface area contributed by atoms with Crippen molar-refractivity contribution in [1.82, 2.24) is 4.72 Å². The zero-order chi connectivity index (χ0) is 23.1. The van der Waals surface area contributed by atoms with Gasteiger partial charge >= 0.3 is 0 Å². The maximum absolute atomic E-state index is 13.0. The molecule has 1 N–H and O–H groups in total. The zero-order valence-electron chi connectivity index (χ0n) is 18.6. The predicted octanol–water partition coefficient (Wildman–Crippen LogP) is 4.11. The van der Waals surface area contributed by atoms with Gasteiger partial charge in [0.05, 0.1) is 24.6 Å². The number of hydrogen-bond donors (Lipinski definition) is 1. The number of rotatable bonds is 10. The number of sulfonamides is 1. The van der Waals surface area contributed by atoms with Crippen LogP contribution in [0.2, 0.25) is 0 Å². The number of ether oxygens (including phenoxy) is 1. The van der Waals surface area contributed by atoms with Crippen molar-refractivity contribution in [1.29, 1.82) is 0 Å². The first kappa shape index (κ1) is 23.0. The van der Waals surface area contributed by atoms with Crippen molar-refractivity contribution in [2.75, 3.05) is 7.11 Å². The summed E-state index contributed by atoms with van der Waals surface area (Å²) in [5.41, 5.74) is 3.80. The Balaban J connectivity index is 1.46. The Kier molecular flexibility index (Phi) is 7.42. The van der Waals surface area contributed by atoms with Gasteiger partial charge in [-0.25, -0.2) is 13.1 Å². The van der Waals surface area contributed by atoms with Crippen molar-refractivity contribution in [2.45, 2.75) is 37.2 Å². The van der Waals surface area contributed by atoms with Gasteiger partial charge in [0.15, 0.2) is 0 Å². The molecule has 172 valence electrons. The molecule has 0 spiro atoms. The van der Waals surface area contributed by atoms with Gasteiger partial charge in [0.2, 0.25) is 10.0 Å². The van der Waals surface area contributed by atoms with Crippen molar-refractivity contribution in [3.8, 4) is 5.75 Å². The van der Waals surface area contributed by atoms with E-state index >= 15 is 0 Å². The molecule has 2 unspecified atom stereocenters. The molecule has 7 heteroatoms. The highest BCUT2D eigenvalue weighted by molar-refractivity contribution is 7.88. The van der Waals surface area contributed by atoms with E-state index in [0.717, 1.165) is 16.8 Å². The van der Waals surface area contributed by atoms with Crippen LogP contribution in [-0.2, 0) is 33.5 Å². The van der Waals surface area contributed by atoms with Crippen LogP contribution in [-0.4, -0.2) is 33.4 Å². The SMILES string of the molecule is COc1ccc(CS(=O)(=O)NC(Cc2ccccc2)C2CC(Cc3ccccc3)=NO2)cc1. The molecule has 1 aliphatic heterocycles. The second-order valence-electron chi connectivity index (χ2n) is 8.19. The number of nitrogens with zero attached hydrogens (tertiary/aromatic N) is 1. The number of methoxy groups -OCH3 is 1. The molecule has 4 rings (SSSR count). The van der Waals surface area contributed by atoms with Gasteiger partial charge in [-0.05, 0) is 35.2 Å². The molecule has 1 aliphatic rings. The molecule has 6 nitrogen and oxygen atoms in total. The molecule has 0 radical (unpaired) electrons. The molecule has 1 heterocycles. The molecule has 0 aliphatic carbocycles. The van der Waals surface area contributed by atoms with E-state index in [-0.39, 0.29) is 11.9 Å². The van der Waals surface area contributed by atoms with E-state index in [1.807, 2.05) is 48.5 Å². The molecule has 3 aromatic carbocycles. The standard InChI is InChI=1S/C26H28N2O4S/c1-31-24-14-12-22(13-15-24)19-33(29,30)28-25(17-21-10-6-3-7-11-21)26-18-23(27-32-26)16-20-8-4-2-5-9-20/h2-15,25-26,28H,16-19H2,1H3. The average Bonchev–Trinajstić information content (AvgIpc) is 3.28. The van der Waals surface area contributed by atoms with E-state index in [0.29, 0.717) is 30.6 Å². The largest absolute Gasteiger partial charge is 0.497 e. The van der Waals surface area contributed by atoms with E-state index in [1.165, 1.54) is 0 Å². The van der Waals surface area contributed by atoms with Gasteiger partial charge in [-0.2, -0.15) is 0 Å². The first-order valence-corrected chi connectivity index (χ1v) is 12.6. The number of oxime groups is 1. The van der Waals surface area contributed by atoms with Gasteiger partial charge in [0, 0.05) is 12.8 Å². The van der Waals surface area contributed by atoms with Crippen LogP contribution in [0.5, 0.6) is 5.75 Å². The molecule has 0 aromatic heterocycles. The van der Waals surface area contributed by atoms with Crippen LogP contribution in [0.1, 0.15) is 23.1 Å². The summed E-state index contributed by atoms with van der Waals surface area (Å²) in [5.74, 6) is 0.570. The molecular formula is C26H28N2O4S. The summed E-state index contributed by atoms with van der Waals surface area (Å²) in [4.78, 5) is 5.74. The van der Waals surface area contributed by atoms with Crippen LogP contribution in [0.3, 0.4) is 0 Å². The normalized spacial score (nSPS) is 16.6. The summed E-state index contributed by atoms with van der Waals surface area (Å²) in [6.45, 7) is 0. The number of hydrogen-bond acceptors (Lipinski definition) is 5. The lowest BCUT2D eigenvalue weighted by Crippen LogP contribution is -2.45. The minimum atomic E-state index is -3.61. The van der Waals surface area contributed by atoms with Crippen LogP contribution in [0.4, 0.5) is 0 Å². The Bertz CT molecular complexity index is 1160. The second kappa shape index (κ2) is 10.6.